The van der Waals surface area contributed by atoms with Gasteiger partial charge in [0.2, 0.25) is 0 Å². The molecule has 0 heterocycles. The van der Waals surface area contributed by atoms with E-state index in [0.29, 0.717) is 17.8 Å². The van der Waals surface area contributed by atoms with Gasteiger partial charge in [0.1, 0.15) is 0 Å². The van der Waals surface area contributed by atoms with Crippen LogP contribution in [-0.4, -0.2) is 37.2 Å². The number of benzene rings is 2. The Hall–Kier alpha value is -2.99. The van der Waals surface area contributed by atoms with Crippen LogP contribution in [0.3, 0.4) is 0 Å². The van der Waals surface area contributed by atoms with Crippen LogP contribution < -0.4 is 15.5 Å². The molecule has 6 heteroatoms. The van der Waals surface area contributed by atoms with Crippen molar-refractivity contribution in [3.8, 4) is 0 Å². The fourth-order valence-corrected chi connectivity index (χ4v) is 3.05. The molecule has 28 heavy (non-hydrogen) atoms. The minimum Gasteiger partial charge on any atom is -0.321 e. The predicted octanol–water partition coefficient (Wildman–Crippen LogP) is 2.07. The number of carbonyl (C=O) groups excluding carboxylic acids is 3. The molecule has 3 N–H and O–H groups in total. The molecule has 1 unspecified atom stereocenters. The monoisotopic (exact) mass is 382 g/mol. The fourth-order valence-electron chi connectivity index (χ4n) is 3.05. The van der Waals surface area contributed by atoms with Crippen LogP contribution in [0.15, 0.2) is 48.5 Å². The number of ketones is 1. The van der Waals surface area contributed by atoms with E-state index < -0.39 is 0 Å². The minimum atomic E-state index is -0.221. The first kappa shape index (κ1) is 21.3. The van der Waals surface area contributed by atoms with Gasteiger partial charge in [-0.2, -0.15) is 0 Å². The summed E-state index contributed by atoms with van der Waals surface area (Å²) in [5, 5.41) is 5.71. The van der Waals surface area contributed by atoms with Gasteiger partial charge in [-0.15, -0.1) is 0 Å². The summed E-state index contributed by atoms with van der Waals surface area (Å²) in [5.41, 5.74) is 2.75. The van der Waals surface area contributed by atoms with Crippen LogP contribution in [0.25, 0.3) is 0 Å². The van der Waals surface area contributed by atoms with Crippen molar-refractivity contribution < 1.29 is 19.3 Å². The Kier molecular flexibility index (Phi) is 7.89. The average Bonchev–Trinajstić information content (AvgIpc) is 2.64. The molecule has 2 amide bonds. The molecule has 0 fully saturated rings. The summed E-state index contributed by atoms with van der Waals surface area (Å²) in [7, 11) is 0. The Bertz CT molecular complexity index is 848. The van der Waals surface area contributed by atoms with Gasteiger partial charge >= 0.3 is 0 Å². The topological polar surface area (TPSA) is 79.7 Å². The van der Waals surface area contributed by atoms with Crippen molar-refractivity contribution in [3.05, 3.63) is 59.7 Å². The molecule has 0 aliphatic carbocycles. The molecule has 0 radical (unpaired) electrons. The van der Waals surface area contributed by atoms with E-state index in [9.17, 15) is 14.4 Å². The maximum Gasteiger partial charge on any atom is 0.279 e. The van der Waals surface area contributed by atoms with Gasteiger partial charge in [-0.25, -0.2) is 0 Å². The van der Waals surface area contributed by atoms with Gasteiger partial charge in [-0.3, -0.25) is 14.4 Å². The van der Waals surface area contributed by atoms with Crippen LogP contribution in [0.1, 0.15) is 36.2 Å². The zero-order chi connectivity index (χ0) is 20.5. The summed E-state index contributed by atoms with van der Waals surface area (Å²) < 4.78 is 0. The van der Waals surface area contributed by atoms with Crippen LogP contribution in [0.4, 0.5) is 11.4 Å². The molecule has 0 aliphatic heterocycles. The molecule has 148 valence electrons. The first-order chi connectivity index (χ1) is 13.4. The summed E-state index contributed by atoms with van der Waals surface area (Å²) >= 11 is 0. The number of carbonyl (C=O) groups is 3. The Labute approximate surface area is 165 Å². The van der Waals surface area contributed by atoms with Gasteiger partial charge in [-0.05, 0) is 44.0 Å². The summed E-state index contributed by atoms with van der Waals surface area (Å²) in [6.07, 6.45) is 0.851. The number of rotatable bonds is 9. The largest absolute Gasteiger partial charge is 0.321 e. The first-order valence-electron chi connectivity index (χ1n) is 9.49. The lowest BCUT2D eigenvalue weighted by Gasteiger charge is -2.19. The number of quaternary nitrogens is 1. The molecule has 0 aliphatic rings. The highest BCUT2D eigenvalue weighted by Crippen LogP contribution is 2.15. The van der Waals surface area contributed by atoms with Gasteiger partial charge in [0.25, 0.3) is 11.8 Å². The molecule has 0 bridgehead atoms. The lowest BCUT2D eigenvalue weighted by atomic mass is 10.1. The number of anilines is 2. The fraction of sp³-hybridized carbons (Fsp3) is 0.318. The number of Topliss-reactive ketones (excluding diaryl/α,β-unsaturated/α-hetero) is 1. The third kappa shape index (κ3) is 6.32. The number of aryl methyl sites for hydroxylation is 1. The smallest absolute Gasteiger partial charge is 0.279 e. The van der Waals surface area contributed by atoms with Crippen LogP contribution >= 0.6 is 0 Å². The number of amides is 2. The summed E-state index contributed by atoms with van der Waals surface area (Å²) in [5.74, 6) is -0.457. The standard InChI is InChI=1S/C22H27N3O3/c1-4-13-25(14-21(27)23-19-11-7-5-9-16(19)2)15-22(28)24-20-12-8-6-10-18(20)17(3)26/h5-12H,4,13-15H2,1-3H3,(H,23,27)(H,24,28)/p+1. The van der Waals surface area contributed by atoms with E-state index in [2.05, 4.69) is 10.6 Å². The van der Waals surface area contributed by atoms with E-state index in [1.807, 2.05) is 38.1 Å². The quantitative estimate of drug-likeness (QED) is 0.581. The Balaban J connectivity index is 1.98. The molecule has 2 aromatic rings. The Morgan fingerprint density at radius 3 is 1.96 bits per heavy atom. The number of nitrogens with one attached hydrogen (secondary N) is 3. The molecule has 2 aromatic carbocycles. The molecule has 6 nitrogen and oxygen atoms in total. The molecule has 0 spiro atoms. The number of hydrogen-bond donors (Lipinski definition) is 3. The van der Waals surface area contributed by atoms with Crippen LogP contribution in [-0.2, 0) is 9.59 Å². The molecule has 0 saturated carbocycles. The van der Waals surface area contributed by atoms with Crippen LogP contribution in [0.5, 0.6) is 0 Å². The minimum absolute atomic E-state index is 0.105. The average molecular weight is 382 g/mol. The van der Waals surface area contributed by atoms with E-state index in [4.69, 9.17) is 0 Å². The predicted molar refractivity (Wildman–Crippen MR) is 111 cm³/mol. The van der Waals surface area contributed by atoms with E-state index in [1.54, 1.807) is 24.3 Å². The molecular weight excluding hydrogens is 354 g/mol. The van der Waals surface area contributed by atoms with Gasteiger partial charge in [-0.1, -0.05) is 37.3 Å². The van der Waals surface area contributed by atoms with Gasteiger partial charge < -0.3 is 15.5 Å². The highest BCUT2D eigenvalue weighted by Gasteiger charge is 2.19. The second-order valence-electron chi connectivity index (χ2n) is 6.87. The third-order valence-corrected chi connectivity index (χ3v) is 4.42. The summed E-state index contributed by atoms with van der Waals surface area (Å²) in [6.45, 7) is 6.47. The van der Waals surface area contributed by atoms with Crippen LogP contribution in [0.2, 0.25) is 0 Å². The van der Waals surface area contributed by atoms with Crippen molar-refractivity contribution in [3.63, 3.8) is 0 Å². The lowest BCUT2D eigenvalue weighted by Crippen LogP contribution is -3.14. The Morgan fingerprint density at radius 2 is 1.39 bits per heavy atom. The van der Waals surface area contributed by atoms with Crippen molar-refractivity contribution in [1.29, 1.82) is 0 Å². The van der Waals surface area contributed by atoms with E-state index in [0.717, 1.165) is 22.6 Å². The van der Waals surface area contributed by atoms with E-state index in [-0.39, 0.29) is 30.7 Å². The normalized spacial score (nSPS) is 11.5. The van der Waals surface area contributed by atoms with Gasteiger partial charge in [0, 0.05) is 11.3 Å². The van der Waals surface area contributed by atoms with Gasteiger partial charge in [0.15, 0.2) is 18.9 Å². The van der Waals surface area contributed by atoms with Crippen molar-refractivity contribution in [2.24, 2.45) is 0 Å². The van der Waals surface area contributed by atoms with E-state index >= 15 is 0 Å². The summed E-state index contributed by atoms with van der Waals surface area (Å²) in [4.78, 5) is 37.5. The summed E-state index contributed by atoms with van der Waals surface area (Å²) in [6, 6.07) is 14.5. The maximum absolute atomic E-state index is 12.5. The maximum atomic E-state index is 12.5. The molecule has 0 saturated heterocycles. The zero-order valence-corrected chi connectivity index (χ0v) is 16.7. The molecular formula is C22H28N3O3+. The van der Waals surface area contributed by atoms with Crippen molar-refractivity contribution >= 4 is 29.0 Å². The third-order valence-electron chi connectivity index (χ3n) is 4.42. The second-order valence-corrected chi connectivity index (χ2v) is 6.87. The zero-order valence-electron chi connectivity index (χ0n) is 16.7. The molecule has 2 rings (SSSR count). The first-order valence-corrected chi connectivity index (χ1v) is 9.49. The Morgan fingerprint density at radius 1 is 0.857 bits per heavy atom. The van der Waals surface area contributed by atoms with Crippen molar-refractivity contribution in [1.82, 2.24) is 0 Å². The molecule has 0 aromatic heterocycles. The van der Waals surface area contributed by atoms with Gasteiger partial charge in [0.05, 0.1) is 12.2 Å². The second kappa shape index (κ2) is 10.4. The lowest BCUT2D eigenvalue weighted by molar-refractivity contribution is -0.883. The van der Waals surface area contributed by atoms with Crippen molar-refractivity contribution in [2.75, 3.05) is 30.3 Å². The molecule has 1 atom stereocenters. The van der Waals surface area contributed by atoms with Crippen LogP contribution in [0, 0.1) is 6.92 Å². The highest BCUT2D eigenvalue weighted by molar-refractivity contribution is 6.03. The highest BCUT2D eigenvalue weighted by atomic mass is 16.2. The SMILES string of the molecule is CCC[NH+](CC(=O)Nc1ccccc1C)CC(=O)Nc1ccccc1C(C)=O. The number of hydrogen-bond acceptors (Lipinski definition) is 3. The number of para-hydroxylation sites is 2. The van der Waals surface area contributed by atoms with E-state index in [1.165, 1.54) is 6.92 Å². The van der Waals surface area contributed by atoms with Crippen molar-refractivity contribution in [2.45, 2.75) is 27.2 Å².